The Hall–Kier alpha value is -3.98. The van der Waals surface area contributed by atoms with Crippen molar-refractivity contribution in [3.8, 4) is 0 Å². The van der Waals surface area contributed by atoms with Crippen molar-refractivity contribution in [2.75, 3.05) is 71.2 Å². The summed E-state index contributed by atoms with van der Waals surface area (Å²) in [6, 6.07) is 11.2. The van der Waals surface area contributed by atoms with Crippen LogP contribution in [0.1, 0.15) is 91.8 Å². The smallest absolute Gasteiger partial charge is 0.410 e. The minimum Gasteiger partial charge on any atom is -0.481 e. The number of methoxy groups -OCH3 is 2. The normalized spacial score (nSPS) is 17.1. The van der Waals surface area contributed by atoms with Gasteiger partial charge in [0.25, 0.3) is 0 Å². The van der Waals surface area contributed by atoms with Crippen LogP contribution in [0.3, 0.4) is 0 Å². The molecule has 2 aliphatic heterocycles. The van der Waals surface area contributed by atoms with E-state index in [-0.39, 0.29) is 18.6 Å². The summed E-state index contributed by atoms with van der Waals surface area (Å²) in [6.45, 7) is 16.3. The van der Waals surface area contributed by atoms with Crippen LogP contribution in [0.2, 0.25) is 10.0 Å². The summed E-state index contributed by atoms with van der Waals surface area (Å²) in [6.07, 6.45) is 4.46. The first-order chi connectivity index (χ1) is 27.3. The molecule has 2 aliphatic rings. The standard InChI is InChI=1S/C21H30ClN3O3.C11H19NO4.C10H15ClN2O/c1-21(2,3)28-20(26)24-10-5-7-15(14-24)19-23-17-9-8-16(22)13-18(17)25(19)11-6-12-27-4;1-11(2,3)16-10(15)12-6-4-5-8(7-12)9(13)14;1-14-6-2-5-13-10-7-8(11)3-4-9(10)12/h8-9,13,15H,5-7,10-12,14H2,1-4H3;8H,4-7H2,1-3H3,(H,13,14);3-4,7,13H,2,5-6,12H2,1H3/t15-;8-;/m11./s1. The molecule has 2 atom stereocenters. The van der Waals surface area contributed by atoms with Crippen LogP contribution < -0.4 is 11.1 Å². The third-order valence-electron chi connectivity index (χ3n) is 9.19. The number of fused-ring (bicyclic) bond motifs is 1. The van der Waals surface area contributed by atoms with Gasteiger partial charge in [-0.2, -0.15) is 0 Å². The number of imidazole rings is 1. The molecule has 5 rings (SSSR count). The number of benzene rings is 2. The zero-order valence-electron chi connectivity index (χ0n) is 35.4. The topological polar surface area (TPSA) is 171 Å². The van der Waals surface area contributed by atoms with Gasteiger partial charge in [0.2, 0.25) is 0 Å². The third-order valence-corrected chi connectivity index (χ3v) is 9.66. The number of anilines is 2. The molecule has 1 aromatic heterocycles. The van der Waals surface area contributed by atoms with Crippen LogP contribution in [0.4, 0.5) is 21.0 Å². The molecule has 0 bridgehead atoms. The Morgan fingerprint density at radius 1 is 0.845 bits per heavy atom. The molecule has 2 aromatic carbocycles. The van der Waals surface area contributed by atoms with Crippen molar-refractivity contribution in [3.63, 3.8) is 0 Å². The molecule has 4 N–H and O–H groups in total. The Morgan fingerprint density at radius 2 is 1.41 bits per heavy atom. The minimum atomic E-state index is -0.840. The van der Waals surface area contributed by atoms with Gasteiger partial charge in [-0.1, -0.05) is 23.2 Å². The SMILES string of the molecule is CC(C)(C)OC(=O)N1CCC[C@@H](C(=O)O)C1.COCCCNc1cc(Cl)ccc1N.COCCCn1c([C@@H]2CCCN(C(=O)OC(C)(C)C)C2)nc2ccc(Cl)cc21. The van der Waals surface area contributed by atoms with Crippen molar-refractivity contribution in [2.24, 2.45) is 5.92 Å². The lowest BCUT2D eigenvalue weighted by atomic mass is 9.97. The molecule has 2 amide bonds. The fourth-order valence-electron chi connectivity index (χ4n) is 6.50. The number of piperidine rings is 2. The van der Waals surface area contributed by atoms with Gasteiger partial charge in [0.05, 0.1) is 28.3 Å². The first-order valence-electron chi connectivity index (χ1n) is 19.9. The Kier molecular flexibility index (Phi) is 19.2. The maximum atomic E-state index is 12.5. The Labute approximate surface area is 353 Å². The van der Waals surface area contributed by atoms with E-state index < -0.39 is 29.2 Å². The third kappa shape index (κ3) is 16.3. The van der Waals surface area contributed by atoms with Crippen molar-refractivity contribution in [1.29, 1.82) is 0 Å². The number of aryl methyl sites for hydroxylation is 1. The van der Waals surface area contributed by atoms with Gasteiger partial charge in [0.15, 0.2) is 0 Å². The van der Waals surface area contributed by atoms with E-state index in [1.165, 1.54) is 4.90 Å². The van der Waals surface area contributed by atoms with Crippen molar-refractivity contribution in [2.45, 2.75) is 104 Å². The number of aromatic nitrogens is 2. The second-order valence-corrected chi connectivity index (χ2v) is 17.3. The van der Waals surface area contributed by atoms with Crippen molar-refractivity contribution in [3.05, 3.63) is 52.3 Å². The van der Waals surface area contributed by atoms with Gasteiger partial charge in [-0.25, -0.2) is 14.6 Å². The number of hydrogen-bond donors (Lipinski definition) is 3. The molecule has 0 radical (unpaired) electrons. The summed E-state index contributed by atoms with van der Waals surface area (Å²) in [7, 11) is 3.40. The molecule has 2 fully saturated rings. The van der Waals surface area contributed by atoms with Crippen molar-refractivity contribution in [1.82, 2.24) is 19.4 Å². The molecule has 58 heavy (non-hydrogen) atoms. The van der Waals surface area contributed by atoms with Crippen LogP contribution in [0.15, 0.2) is 36.4 Å². The monoisotopic (exact) mass is 850 g/mol. The number of carbonyl (C=O) groups is 3. The van der Waals surface area contributed by atoms with Crippen LogP contribution in [-0.4, -0.2) is 114 Å². The number of likely N-dealkylation sites (tertiary alicyclic amines) is 2. The number of carboxylic acid groups (broad SMARTS) is 1. The summed E-state index contributed by atoms with van der Waals surface area (Å²) in [4.78, 5) is 43.3. The molecule has 3 aromatic rings. The van der Waals surface area contributed by atoms with Crippen LogP contribution >= 0.6 is 23.2 Å². The van der Waals surface area contributed by atoms with Gasteiger partial charge in [0.1, 0.15) is 17.0 Å². The molecule has 2 saturated heterocycles. The molecule has 14 nitrogen and oxygen atoms in total. The largest absolute Gasteiger partial charge is 0.481 e. The Morgan fingerprint density at radius 3 is 2.02 bits per heavy atom. The van der Waals surface area contributed by atoms with Gasteiger partial charge < -0.3 is 49.5 Å². The molecule has 324 valence electrons. The maximum Gasteiger partial charge on any atom is 0.410 e. The molecule has 3 heterocycles. The van der Waals surface area contributed by atoms with E-state index >= 15 is 0 Å². The van der Waals surface area contributed by atoms with Gasteiger partial charge in [-0.05, 0) is 116 Å². The lowest BCUT2D eigenvalue weighted by molar-refractivity contribution is -0.143. The zero-order valence-corrected chi connectivity index (χ0v) is 37.0. The zero-order chi connectivity index (χ0) is 43.0. The number of ether oxygens (including phenoxy) is 4. The van der Waals surface area contributed by atoms with Crippen molar-refractivity contribution >= 4 is 63.8 Å². The van der Waals surface area contributed by atoms with E-state index in [0.29, 0.717) is 41.8 Å². The number of hydrogen-bond acceptors (Lipinski definition) is 10. The summed E-state index contributed by atoms with van der Waals surface area (Å²) in [5.74, 6) is -0.105. The van der Waals surface area contributed by atoms with Crippen molar-refractivity contribution < 1.29 is 38.4 Å². The average Bonchev–Trinajstić information content (AvgIpc) is 3.51. The Balaban J connectivity index is 0.000000255. The van der Waals surface area contributed by atoms with Crippen LogP contribution in [0, 0.1) is 5.92 Å². The summed E-state index contributed by atoms with van der Waals surface area (Å²) in [5.41, 5.74) is 8.29. The second kappa shape index (κ2) is 23.0. The van der Waals surface area contributed by atoms with Crippen LogP contribution in [0.5, 0.6) is 0 Å². The number of amides is 2. The van der Waals surface area contributed by atoms with E-state index in [4.69, 9.17) is 58.0 Å². The predicted molar refractivity (Wildman–Crippen MR) is 230 cm³/mol. The lowest BCUT2D eigenvalue weighted by Gasteiger charge is -2.34. The van der Waals surface area contributed by atoms with E-state index in [1.54, 1.807) is 47.1 Å². The molecular formula is C42H64Cl2N6O8. The van der Waals surface area contributed by atoms with Gasteiger partial charge in [-0.3, -0.25) is 4.79 Å². The van der Waals surface area contributed by atoms with Crippen LogP contribution in [0.25, 0.3) is 11.0 Å². The first kappa shape index (κ1) is 48.4. The number of rotatable bonds is 11. The van der Waals surface area contributed by atoms with Gasteiger partial charge >= 0.3 is 18.2 Å². The molecular weight excluding hydrogens is 787 g/mol. The van der Waals surface area contributed by atoms with E-state index in [1.807, 2.05) is 49.9 Å². The number of nitrogen functional groups attached to an aromatic ring is 1. The molecule has 0 unspecified atom stereocenters. The average molecular weight is 852 g/mol. The van der Waals surface area contributed by atoms with E-state index in [0.717, 1.165) is 80.9 Å². The highest BCUT2D eigenvalue weighted by atomic mass is 35.5. The van der Waals surface area contributed by atoms with E-state index in [2.05, 4.69) is 9.88 Å². The summed E-state index contributed by atoms with van der Waals surface area (Å²) in [5, 5.41) is 13.5. The van der Waals surface area contributed by atoms with Crippen LogP contribution in [-0.2, 0) is 30.3 Å². The number of carboxylic acids is 1. The number of halogens is 2. The predicted octanol–water partition coefficient (Wildman–Crippen LogP) is 8.93. The first-order valence-corrected chi connectivity index (χ1v) is 20.7. The number of aliphatic carboxylic acids is 1. The highest BCUT2D eigenvalue weighted by Gasteiger charge is 2.32. The fourth-order valence-corrected chi connectivity index (χ4v) is 6.84. The van der Waals surface area contributed by atoms with Gasteiger partial charge in [0, 0.05) is 82.7 Å². The fraction of sp³-hybridized carbons (Fsp3) is 0.619. The number of nitrogens with two attached hydrogens (primary N) is 1. The molecule has 0 aliphatic carbocycles. The summed E-state index contributed by atoms with van der Waals surface area (Å²) < 4.78 is 23.2. The molecule has 16 heteroatoms. The lowest BCUT2D eigenvalue weighted by Crippen LogP contribution is -2.44. The molecule has 0 spiro atoms. The highest BCUT2D eigenvalue weighted by Crippen LogP contribution is 2.31. The molecule has 0 saturated carbocycles. The maximum absolute atomic E-state index is 12.5. The Bertz CT molecular complexity index is 1780. The number of nitrogens with zero attached hydrogens (tertiary/aromatic N) is 4. The summed E-state index contributed by atoms with van der Waals surface area (Å²) >= 11 is 12.1. The number of nitrogens with one attached hydrogen (secondary N) is 1. The number of carbonyl (C=O) groups excluding carboxylic acids is 2. The minimum absolute atomic E-state index is 0.176. The highest BCUT2D eigenvalue weighted by molar-refractivity contribution is 6.31. The quantitative estimate of drug-likeness (QED) is 0.124. The van der Waals surface area contributed by atoms with E-state index in [9.17, 15) is 14.4 Å². The second-order valence-electron chi connectivity index (χ2n) is 16.5. The van der Waals surface area contributed by atoms with Gasteiger partial charge in [-0.15, -0.1) is 0 Å².